The van der Waals surface area contributed by atoms with Gasteiger partial charge in [0.2, 0.25) is 0 Å². The number of rotatable bonds is 6. The lowest BCUT2D eigenvalue weighted by atomic mass is 10.1. The van der Waals surface area contributed by atoms with E-state index in [-0.39, 0.29) is 17.2 Å². The van der Waals surface area contributed by atoms with E-state index in [2.05, 4.69) is 15.5 Å². The van der Waals surface area contributed by atoms with E-state index in [0.717, 1.165) is 32.4 Å². The molecular formula is C21H24N4O4. The van der Waals surface area contributed by atoms with Gasteiger partial charge in [-0.3, -0.25) is 19.7 Å². The number of nitro benzene ring substituents is 1. The molecule has 1 saturated heterocycles. The fourth-order valence-corrected chi connectivity index (χ4v) is 3.43. The summed E-state index contributed by atoms with van der Waals surface area (Å²) in [5, 5.41) is 16.7. The molecular weight excluding hydrogens is 372 g/mol. The molecule has 29 heavy (non-hydrogen) atoms. The van der Waals surface area contributed by atoms with Crippen molar-refractivity contribution >= 4 is 28.9 Å². The second-order valence-electron chi connectivity index (χ2n) is 6.90. The minimum Gasteiger partial charge on any atom is -0.371 e. The molecule has 1 aliphatic heterocycles. The summed E-state index contributed by atoms with van der Waals surface area (Å²) in [4.78, 5) is 37.8. The first-order valence-corrected chi connectivity index (χ1v) is 9.72. The molecule has 8 heteroatoms. The molecule has 0 saturated carbocycles. The van der Waals surface area contributed by atoms with Crippen molar-refractivity contribution in [2.24, 2.45) is 0 Å². The predicted octanol–water partition coefficient (Wildman–Crippen LogP) is 3.59. The van der Waals surface area contributed by atoms with Crippen LogP contribution in [0.5, 0.6) is 0 Å². The molecule has 2 N–H and O–H groups in total. The topological polar surface area (TPSA) is 105 Å². The van der Waals surface area contributed by atoms with Crippen molar-refractivity contribution < 1.29 is 14.5 Å². The molecule has 0 aromatic heterocycles. The Bertz CT molecular complexity index is 923. The lowest BCUT2D eigenvalue weighted by Gasteiger charge is -2.30. The highest BCUT2D eigenvalue weighted by Crippen LogP contribution is 2.29. The number of benzene rings is 2. The summed E-state index contributed by atoms with van der Waals surface area (Å²) < 4.78 is 0. The van der Waals surface area contributed by atoms with E-state index in [1.807, 2.05) is 6.92 Å². The van der Waals surface area contributed by atoms with Gasteiger partial charge in [0.15, 0.2) is 0 Å². The zero-order valence-electron chi connectivity index (χ0n) is 16.3. The third-order valence-corrected chi connectivity index (χ3v) is 4.85. The molecule has 152 valence electrons. The predicted molar refractivity (Wildman–Crippen MR) is 112 cm³/mol. The molecule has 1 fully saturated rings. The number of amides is 2. The summed E-state index contributed by atoms with van der Waals surface area (Å²) in [5.74, 6) is -0.671. The van der Waals surface area contributed by atoms with Gasteiger partial charge in [-0.15, -0.1) is 0 Å². The molecule has 0 atom stereocenters. The fourth-order valence-electron chi connectivity index (χ4n) is 3.43. The zero-order chi connectivity index (χ0) is 20.8. The average molecular weight is 396 g/mol. The van der Waals surface area contributed by atoms with Crippen LogP contribution < -0.4 is 15.5 Å². The van der Waals surface area contributed by atoms with Crippen molar-refractivity contribution in [2.45, 2.75) is 26.2 Å². The van der Waals surface area contributed by atoms with Gasteiger partial charge in [-0.25, -0.2) is 0 Å². The second-order valence-corrected chi connectivity index (χ2v) is 6.90. The monoisotopic (exact) mass is 396 g/mol. The number of hydrogen-bond donors (Lipinski definition) is 2. The summed E-state index contributed by atoms with van der Waals surface area (Å²) >= 11 is 0. The normalized spacial score (nSPS) is 13.6. The van der Waals surface area contributed by atoms with Crippen molar-refractivity contribution in [2.75, 3.05) is 29.9 Å². The number of nitro groups is 1. The van der Waals surface area contributed by atoms with Crippen molar-refractivity contribution in [1.82, 2.24) is 5.32 Å². The Hall–Kier alpha value is -3.42. The van der Waals surface area contributed by atoms with Gasteiger partial charge >= 0.3 is 0 Å². The number of nitrogens with one attached hydrogen (secondary N) is 2. The maximum Gasteiger partial charge on any atom is 0.270 e. The van der Waals surface area contributed by atoms with Gasteiger partial charge in [-0.2, -0.15) is 0 Å². The molecule has 0 aliphatic carbocycles. The van der Waals surface area contributed by atoms with Gasteiger partial charge in [0.05, 0.1) is 16.2 Å². The van der Waals surface area contributed by atoms with Gasteiger partial charge in [-0.05, 0) is 50.5 Å². The van der Waals surface area contributed by atoms with Crippen molar-refractivity contribution in [3.05, 3.63) is 63.7 Å². The number of carbonyl (C=O) groups is 2. The molecule has 8 nitrogen and oxygen atoms in total. The molecule has 0 bridgehead atoms. The first kappa shape index (κ1) is 20.3. The molecule has 2 aromatic carbocycles. The second kappa shape index (κ2) is 9.18. The van der Waals surface area contributed by atoms with Crippen LogP contribution in [0, 0.1) is 10.1 Å². The maximum absolute atomic E-state index is 13.0. The SMILES string of the molecule is CCNC(=O)c1cccc(NC(=O)c2cc([N+](=O)[O-])ccc2N2CCCCC2)c1. The van der Waals surface area contributed by atoms with Crippen LogP contribution in [0.4, 0.5) is 17.1 Å². The first-order valence-electron chi connectivity index (χ1n) is 9.72. The third kappa shape index (κ3) is 4.90. The maximum atomic E-state index is 13.0. The highest BCUT2D eigenvalue weighted by atomic mass is 16.6. The van der Waals surface area contributed by atoms with Gasteiger partial charge in [-0.1, -0.05) is 6.07 Å². The molecule has 0 spiro atoms. The van der Waals surface area contributed by atoms with E-state index in [9.17, 15) is 19.7 Å². The molecule has 3 rings (SSSR count). The average Bonchev–Trinajstić information content (AvgIpc) is 2.74. The first-order chi connectivity index (χ1) is 14.0. The van der Waals surface area contributed by atoms with E-state index >= 15 is 0 Å². The van der Waals surface area contributed by atoms with Crippen LogP contribution in [0.25, 0.3) is 0 Å². The van der Waals surface area contributed by atoms with Crippen molar-refractivity contribution in [1.29, 1.82) is 0 Å². The minimum atomic E-state index is -0.507. The van der Waals surface area contributed by atoms with Gasteiger partial charge < -0.3 is 15.5 Å². The van der Waals surface area contributed by atoms with Crippen molar-refractivity contribution in [3.8, 4) is 0 Å². The number of hydrogen-bond acceptors (Lipinski definition) is 5. The Balaban J connectivity index is 1.89. The summed E-state index contributed by atoms with van der Waals surface area (Å²) in [6.45, 7) is 3.95. The molecule has 1 heterocycles. The van der Waals surface area contributed by atoms with E-state index in [1.165, 1.54) is 12.1 Å². The summed E-state index contributed by atoms with van der Waals surface area (Å²) in [6, 6.07) is 11.0. The number of carbonyl (C=O) groups excluding carboxylic acids is 2. The molecule has 0 radical (unpaired) electrons. The van der Waals surface area contributed by atoms with Crippen LogP contribution in [0.1, 0.15) is 46.9 Å². The Morgan fingerprint density at radius 1 is 1.07 bits per heavy atom. The van der Waals surface area contributed by atoms with Gasteiger partial charge in [0.25, 0.3) is 17.5 Å². The van der Waals surface area contributed by atoms with E-state index in [1.54, 1.807) is 30.3 Å². The number of nitrogens with zero attached hydrogens (tertiary/aromatic N) is 2. The number of piperidine rings is 1. The molecule has 1 aliphatic rings. The van der Waals surface area contributed by atoms with Crippen LogP contribution in [-0.2, 0) is 0 Å². The van der Waals surface area contributed by atoms with Gasteiger partial charge in [0, 0.05) is 43.0 Å². The zero-order valence-corrected chi connectivity index (χ0v) is 16.3. The smallest absolute Gasteiger partial charge is 0.270 e. The number of non-ortho nitro benzene ring substituents is 1. The van der Waals surface area contributed by atoms with Gasteiger partial charge in [0.1, 0.15) is 0 Å². The van der Waals surface area contributed by atoms with E-state index < -0.39 is 10.8 Å². The lowest BCUT2D eigenvalue weighted by molar-refractivity contribution is -0.384. The Kier molecular flexibility index (Phi) is 6.43. The Morgan fingerprint density at radius 2 is 1.83 bits per heavy atom. The quantitative estimate of drug-likeness (QED) is 0.574. The molecule has 2 aromatic rings. The summed E-state index contributed by atoms with van der Waals surface area (Å²) in [6.07, 6.45) is 3.18. The Labute approximate surface area is 169 Å². The minimum absolute atomic E-state index is 0.132. The third-order valence-electron chi connectivity index (χ3n) is 4.85. The highest BCUT2D eigenvalue weighted by Gasteiger charge is 2.22. The lowest BCUT2D eigenvalue weighted by Crippen LogP contribution is -2.31. The highest BCUT2D eigenvalue weighted by molar-refractivity contribution is 6.09. The standard InChI is InChI=1S/C21H24N4O4/c1-2-22-20(26)15-7-6-8-16(13-15)23-21(27)18-14-17(25(28)29)9-10-19(18)24-11-4-3-5-12-24/h6-10,13-14H,2-5,11-12H2,1H3,(H,22,26)(H,23,27). The van der Waals surface area contributed by atoms with Crippen LogP contribution in [0.2, 0.25) is 0 Å². The Morgan fingerprint density at radius 3 is 2.52 bits per heavy atom. The van der Waals surface area contributed by atoms with Crippen molar-refractivity contribution in [3.63, 3.8) is 0 Å². The van der Waals surface area contributed by atoms with Crippen LogP contribution in [0.15, 0.2) is 42.5 Å². The van der Waals surface area contributed by atoms with E-state index in [0.29, 0.717) is 23.5 Å². The fraction of sp³-hybridized carbons (Fsp3) is 0.333. The van der Waals surface area contributed by atoms with Crippen LogP contribution in [0.3, 0.4) is 0 Å². The summed E-state index contributed by atoms with van der Waals surface area (Å²) in [5.41, 5.74) is 1.69. The van der Waals surface area contributed by atoms with E-state index in [4.69, 9.17) is 0 Å². The van der Waals surface area contributed by atoms with Crippen LogP contribution in [-0.4, -0.2) is 36.4 Å². The largest absolute Gasteiger partial charge is 0.371 e. The van der Waals surface area contributed by atoms with Crippen LogP contribution >= 0.6 is 0 Å². The molecule has 0 unspecified atom stereocenters. The molecule has 2 amide bonds. The number of anilines is 2. The summed E-state index contributed by atoms with van der Waals surface area (Å²) in [7, 11) is 0.